The van der Waals surface area contributed by atoms with Gasteiger partial charge in [0.05, 0.1) is 6.10 Å². The maximum Gasteiger partial charge on any atom is 0.0726 e. The SMILES string of the molecule is CC(C)CC(CN)CNC1(C)CCOC1C. The quantitative estimate of drug-likeness (QED) is 0.728. The Morgan fingerprint density at radius 2 is 2.19 bits per heavy atom. The molecule has 16 heavy (non-hydrogen) atoms. The monoisotopic (exact) mass is 228 g/mol. The van der Waals surface area contributed by atoms with Gasteiger partial charge in [0.15, 0.2) is 0 Å². The molecule has 0 spiro atoms. The molecule has 3 unspecified atom stereocenters. The lowest BCUT2D eigenvalue weighted by atomic mass is 9.92. The van der Waals surface area contributed by atoms with E-state index in [1.807, 2.05) is 0 Å². The highest BCUT2D eigenvalue weighted by molar-refractivity contribution is 4.93. The van der Waals surface area contributed by atoms with Gasteiger partial charge in [0, 0.05) is 12.1 Å². The average molecular weight is 228 g/mol. The van der Waals surface area contributed by atoms with Crippen LogP contribution in [0.5, 0.6) is 0 Å². The van der Waals surface area contributed by atoms with Gasteiger partial charge in [0.1, 0.15) is 0 Å². The highest BCUT2D eigenvalue weighted by Crippen LogP contribution is 2.25. The molecule has 1 rings (SSSR count). The summed E-state index contributed by atoms with van der Waals surface area (Å²) in [5.74, 6) is 1.31. The van der Waals surface area contributed by atoms with Gasteiger partial charge < -0.3 is 15.8 Å². The van der Waals surface area contributed by atoms with Crippen molar-refractivity contribution in [3.63, 3.8) is 0 Å². The summed E-state index contributed by atoms with van der Waals surface area (Å²) in [4.78, 5) is 0. The van der Waals surface area contributed by atoms with Gasteiger partial charge in [-0.25, -0.2) is 0 Å². The van der Waals surface area contributed by atoms with Crippen LogP contribution < -0.4 is 11.1 Å². The lowest BCUT2D eigenvalue weighted by Gasteiger charge is -2.31. The van der Waals surface area contributed by atoms with E-state index >= 15 is 0 Å². The zero-order valence-corrected chi connectivity index (χ0v) is 11.3. The zero-order chi connectivity index (χ0) is 12.2. The molecule has 0 bridgehead atoms. The van der Waals surface area contributed by atoms with Crippen molar-refractivity contribution >= 4 is 0 Å². The van der Waals surface area contributed by atoms with Gasteiger partial charge in [-0.3, -0.25) is 0 Å². The Morgan fingerprint density at radius 1 is 1.50 bits per heavy atom. The molecule has 0 aliphatic carbocycles. The van der Waals surface area contributed by atoms with E-state index in [1.165, 1.54) is 6.42 Å². The van der Waals surface area contributed by atoms with Crippen LogP contribution >= 0.6 is 0 Å². The molecule has 96 valence electrons. The molecule has 1 fully saturated rings. The first-order valence-corrected chi connectivity index (χ1v) is 6.54. The van der Waals surface area contributed by atoms with E-state index in [-0.39, 0.29) is 5.54 Å². The molecule has 3 atom stereocenters. The number of nitrogens with one attached hydrogen (secondary N) is 1. The summed E-state index contributed by atoms with van der Waals surface area (Å²) in [5.41, 5.74) is 5.96. The van der Waals surface area contributed by atoms with E-state index in [2.05, 4.69) is 33.0 Å². The third kappa shape index (κ3) is 3.72. The second-order valence-electron chi connectivity index (χ2n) is 5.79. The van der Waals surface area contributed by atoms with Crippen LogP contribution in [0.2, 0.25) is 0 Å². The summed E-state index contributed by atoms with van der Waals surface area (Å²) >= 11 is 0. The van der Waals surface area contributed by atoms with Gasteiger partial charge in [-0.2, -0.15) is 0 Å². The third-order valence-electron chi connectivity index (χ3n) is 3.82. The van der Waals surface area contributed by atoms with Crippen LogP contribution in [0.25, 0.3) is 0 Å². The van der Waals surface area contributed by atoms with Crippen LogP contribution in [0.4, 0.5) is 0 Å². The van der Waals surface area contributed by atoms with Crippen molar-refractivity contribution in [3.8, 4) is 0 Å². The number of rotatable bonds is 6. The summed E-state index contributed by atoms with van der Waals surface area (Å²) in [5, 5.41) is 3.66. The molecule has 0 saturated carbocycles. The van der Waals surface area contributed by atoms with Gasteiger partial charge in [-0.05, 0) is 51.6 Å². The molecule has 0 aromatic heterocycles. The second kappa shape index (κ2) is 5.99. The Kier molecular flexibility index (Phi) is 5.22. The second-order valence-corrected chi connectivity index (χ2v) is 5.79. The van der Waals surface area contributed by atoms with Gasteiger partial charge >= 0.3 is 0 Å². The van der Waals surface area contributed by atoms with Gasteiger partial charge in [-0.1, -0.05) is 13.8 Å². The average Bonchev–Trinajstić information content (AvgIpc) is 2.54. The van der Waals surface area contributed by atoms with Crippen LogP contribution in [0, 0.1) is 11.8 Å². The maximum atomic E-state index is 5.81. The largest absolute Gasteiger partial charge is 0.377 e. The molecule has 3 heteroatoms. The van der Waals surface area contributed by atoms with Crippen LogP contribution in [-0.2, 0) is 4.74 Å². The van der Waals surface area contributed by atoms with E-state index in [9.17, 15) is 0 Å². The van der Waals surface area contributed by atoms with Crippen molar-refractivity contribution in [1.82, 2.24) is 5.32 Å². The maximum absolute atomic E-state index is 5.81. The fourth-order valence-electron chi connectivity index (χ4n) is 2.37. The fraction of sp³-hybridized carbons (Fsp3) is 1.00. The van der Waals surface area contributed by atoms with Crippen LogP contribution in [0.1, 0.15) is 40.5 Å². The van der Waals surface area contributed by atoms with Crippen molar-refractivity contribution in [3.05, 3.63) is 0 Å². The number of nitrogens with two attached hydrogens (primary N) is 1. The van der Waals surface area contributed by atoms with Crippen LogP contribution in [0.3, 0.4) is 0 Å². The summed E-state index contributed by atoms with van der Waals surface area (Å²) in [6.07, 6.45) is 2.62. The minimum Gasteiger partial charge on any atom is -0.377 e. The molecule has 0 aromatic carbocycles. The minimum absolute atomic E-state index is 0.143. The van der Waals surface area contributed by atoms with Crippen LogP contribution in [-0.4, -0.2) is 31.3 Å². The Hall–Kier alpha value is -0.120. The van der Waals surface area contributed by atoms with Crippen molar-refractivity contribution in [1.29, 1.82) is 0 Å². The van der Waals surface area contributed by atoms with E-state index in [4.69, 9.17) is 10.5 Å². The molecular formula is C13H28N2O. The van der Waals surface area contributed by atoms with E-state index in [0.717, 1.165) is 32.0 Å². The summed E-state index contributed by atoms with van der Waals surface area (Å²) < 4.78 is 5.62. The topological polar surface area (TPSA) is 47.3 Å². The Bertz CT molecular complexity index is 208. The molecular weight excluding hydrogens is 200 g/mol. The first kappa shape index (κ1) is 13.9. The normalized spacial score (nSPS) is 32.2. The van der Waals surface area contributed by atoms with Gasteiger partial charge in [0.25, 0.3) is 0 Å². The van der Waals surface area contributed by atoms with Crippen molar-refractivity contribution < 1.29 is 4.74 Å². The van der Waals surface area contributed by atoms with Crippen molar-refractivity contribution in [2.75, 3.05) is 19.7 Å². The Labute approximate surface area is 100 Å². The molecule has 1 aliphatic rings. The number of hydrogen-bond donors (Lipinski definition) is 2. The zero-order valence-electron chi connectivity index (χ0n) is 11.3. The van der Waals surface area contributed by atoms with Crippen LogP contribution in [0.15, 0.2) is 0 Å². The van der Waals surface area contributed by atoms with Crippen molar-refractivity contribution in [2.45, 2.75) is 52.2 Å². The fourth-order valence-corrected chi connectivity index (χ4v) is 2.37. The smallest absolute Gasteiger partial charge is 0.0726 e. The molecule has 0 aromatic rings. The Balaban J connectivity index is 2.36. The summed E-state index contributed by atoms with van der Waals surface area (Å²) in [6, 6.07) is 0. The molecule has 3 N–H and O–H groups in total. The summed E-state index contributed by atoms with van der Waals surface area (Å²) in [6.45, 7) is 11.6. The molecule has 0 amide bonds. The Morgan fingerprint density at radius 3 is 2.62 bits per heavy atom. The standard InChI is InChI=1S/C13H28N2O/c1-10(2)7-12(8-14)9-15-13(4)5-6-16-11(13)3/h10-12,15H,5-9,14H2,1-4H3. The predicted octanol–water partition coefficient (Wildman–Crippen LogP) is 1.76. The summed E-state index contributed by atoms with van der Waals surface area (Å²) in [7, 11) is 0. The van der Waals surface area contributed by atoms with Gasteiger partial charge in [-0.15, -0.1) is 0 Å². The van der Waals surface area contributed by atoms with Crippen molar-refractivity contribution in [2.24, 2.45) is 17.6 Å². The molecule has 3 nitrogen and oxygen atoms in total. The molecule has 1 aliphatic heterocycles. The van der Waals surface area contributed by atoms with Gasteiger partial charge in [0.2, 0.25) is 0 Å². The molecule has 1 heterocycles. The lowest BCUT2D eigenvalue weighted by Crippen LogP contribution is -2.50. The van der Waals surface area contributed by atoms with E-state index in [1.54, 1.807) is 0 Å². The molecule has 0 radical (unpaired) electrons. The first-order valence-electron chi connectivity index (χ1n) is 6.54. The third-order valence-corrected chi connectivity index (χ3v) is 3.82. The first-order chi connectivity index (χ1) is 7.48. The highest BCUT2D eigenvalue weighted by atomic mass is 16.5. The number of ether oxygens (including phenoxy) is 1. The van der Waals surface area contributed by atoms with E-state index in [0.29, 0.717) is 12.0 Å². The highest BCUT2D eigenvalue weighted by Gasteiger charge is 2.36. The predicted molar refractivity (Wildman–Crippen MR) is 68.4 cm³/mol. The minimum atomic E-state index is 0.143. The lowest BCUT2D eigenvalue weighted by molar-refractivity contribution is 0.0868. The number of hydrogen-bond acceptors (Lipinski definition) is 3. The molecule has 1 saturated heterocycles. The van der Waals surface area contributed by atoms with E-state index < -0.39 is 0 Å².